The third-order valence-corrected chi connectivity index (χ3v) is 6.05. The number of hydrogen-bond acceptors (Lipinski definition) is 7. The van der Waals surface area contributed by atoms with Crippen LogP contribution in [0.4, 0.5) is 5.69 Å². The molecule has 0 atom stereocenters. The Labute approximate surface area is 161 Å². The number of rotatable bonds is 4. The van der Waals surface area contributed by atoms with Gasteiger partial charge in [-0.1, -0.05) is 0 Å². The van der Waals surface area contributed by atoms with Crippen LogP contribution in [0.3, 0.4) is 0 Å². The summed E-state index contributed by atoms with van der Waals surface area (Å²) in [6.07, 6.45) is 6.72. The lowest BCUT2D eigenvalue weighted by molar-refractivity contribution is -0.385. The third-order valence-electron chi connectivity index (χ3n) is 4.87. The van der Waals surface area contributed by atoms with E-state index in [4.69, 9.17) is 4.42 Å². The molecule has 0 bridgehead atoms. The van der Waals surface area contributed by atoms with Gasteiger partial charge in [-0.05, 0) is 43.4 Å². The maximum absolute atomic E-state index is 12.7. The molecular formula is C18H15N5O4S. The number of hydrogen-bond donors (Lipinski definition) is 1. The predicted molar refractivity (Wildman–Crippen MR) is 103 cm³/mol. The maximum Gasteiger partial charge on any atom is 0.307 e. The summed E-state index contributed by atoms with van der Waals surface area (Å²) in [7, 11) is 0. The summed E-state index contributed by atoms with van der Waals surface area (Å²) in [5.41, 5.74) is 0.928. The van der Waals surface area contributed by atoms with E-state index in [1.165, 1.54) is 22.0 Å². The molecule has 1 N–H and O–H groups in total. The summed E-state index contributed by atoms with van der Waals surface area (Å²) in [6, 6.07) is 3.47. The molecule has 28 heavy (non-hydrogen) atoms. The second-order valence-corrected chi connectivity index (χ2v) is 7.81. The van der Waals surface area contributed by atoms with Crippen LogP contribution in [0, 0.1) is 10.1 Å². The fourth-order valence-electron chi connectivity index (χ4n) is 3.56. The molecule has 0 radical (unpaired) electrons. The molecule has 0 fully saturated rings. The quantitative estimate of drug-likeness (QED) is 0.417. The first-order valence-corrected chi connectivity index (χ1v) is 9.70. The van der Waals surface area contributed by atoms with Crippen molar-refractivity contribution in [3.63, 3.8) is 0 Å². The fraction of sp³-hybridized carbons (Fsp3) is 0.278. The zero-order chi connectivity index (χ0) is 19.3. The van der Waals surface area contributed by atoms with Crippen LogP contribution in [0.1, 0.15) is 29.0 Å². The van der Waals surface area contributed by atoms with Crippen LogP contribution >= 0.6 is 11.3 Å². The SMILES string of the molecule is O=c1[nH]c(-c2ccc(Cn3cc([N+](=O)[O-])cn3)o2)nc2sc3c(c12)CCCC3. The summed E-state index contributed by atoms with van der Waals surface area (Å²) in [5.74, 6) is 1.39. The van der Waals surface area contributed by atoms with Crippen LogP contribution in [-0.4, -0.2) is 24.7 Å². The van der Waals surface area contributed by atoms with Crippen molar-refractivity contribution in [3.05, 3.63) is 61.2 Å². The van der Waals surface area contributed by atoms with E-state index < -0.39 is 4.92 Å². The van der Waals surface area contributed by atoms with E-state index >= 15 is 0 Å². The molecule has 4 aromatic heterocycles. The molecule has 9 nitrogen and oxygen atoms in total. The number of H-pyrrole nitrogens is 1. The van der Waals surface area contributed by atoms with E-state index in [0.717, 1.165) is 36.1 Å². The van der Waals surface area contributed by atoms with Crippen LogP contribution < -0.4 is 5.56 Å². The van der Waals surface area contributed by atoms with Gasteiger partial charge >= 0.3 is 5.69 Å². The molecule has 10 heteroatoms. The average Bonchev–Trinajstić information content (AvgIpc) is 3.39. The number of thiophene rings is 1. The van der Waals surface area contributed by atoms with Gasteiger partial charge < -0.3 is 9.40 Å². The Morgan fingerprint density at radius 1 is 1.32 bits per heavy atom. The zero-order valence-corrected chi connectivity index (χ0v) is 15.5. The molecule has 0 saturated carbocycles. The summed E-state index contributed by atoms with van der Waals surface area (Å²) < 4.78 is 7.21. The Kier molecular flexibility index (Phi) is 3.86. The Balaban J connectivity index is 1.47. The minimum atomic E-state index is -0.498. The highest BCUT2D eigenvalue weighted by molar-refractivity contribution is 7.18. The summed E-state index contributed by atoms with van der Waals surface area (Å²) >= 11 is 1.59. The van der Waals surface area contributed by atoms with Gasteiger partial charge in [0.25, 0.3) is 5.56 Å². The minimum absolute atomic E-state index is 0.0788. The first-order chi connectivity index (χ1) is 13.6. The topological polar surface area (TPSA) is 120 Å². The number of aromatic nitrogens is 4. The van der Waals surface area contributed by atoms with Gasteiger partial charge in [-0.15, -0.1) is 11.3 Å². The standard InChI is InChI=1S/C18H15N5O4S/c24-17-15-12-3-1-2-4-14(12)28-18(15)21-16(20-17)13-6-5-11(27-13)9-22-8-10(7-19-22)23(25)26/h5-8H,1-4,9H2,(H,20,21,24). The number of aryl methyl sites for hydroxylation is 2. The molecule has 1 aliphatic carbocycles. The Bertz CT molecular complexity index is 1260. The van der Waals surface area contributed by atoms with Gasteiger partial charge in [0.1, 0.15) is 23.0 Å². The lowest BCUT2D eigenvalue weighted by Crippen LogP contribution is -2.11. The molecule has 0 aliphatic heterocycles. The lowest BCUT2D eigenvalue weighted by Gasteiger charge is -2.09. The second-order valence-electron chi connectivity index (χ2n) is 6.72. The van der Waals surface area contributed by atoms with Gasteiger partial charge in [0.15, 0.2) is 11.6 Å². The third kappa shape index (κ3) is 2.82. The zero-order valence-electron chi connectivity index (χ0n) is 14.7. The molecule has 1 aliphatic rings. The van der Waals surface area contributed by atoms with E-state index in [0.29, 0.717) is 22.7 Å². The van der Waals surface area contributed by atoms with Crippen molar-refractivity contribution in [3.8, 4) is 11.6 Å². The van der Waals surface area contributed by atoms with Gasteiger partial charge in [-0.25, -0.2) is 4.98 Å². The minimum Gasteiger partial charge on any atom is -0.456 e. The molecule has 0 aromatic carbocycles. The molecule has 0 amide bonds. The van der Waals surface area contributed by atoms with Crippen molar-refractivity contribution in [2.45, 2.75) is 32.2 Å². The highest BCUT2D eigenvalue weighted by Crippen LogP contribution is 2.34. The van der Waals surface area contributed by atoms with Crippen LogP contribution in [0.25, 0.3) is 21.8 Å². The Hall–Kier alpha value is -3.27. The molecule has 4 aromatic rings. The second kappa shape index (κ2) is 6.41. The van der Waals surface area contributed by atoms with Crippen LogP contribution in [0.5, 0.6) is 0 Å². The average molecular weight is 397 g/mol. The van der Waals surface area contributed by atoms with E-state index in [9.17, 15) is 14.9 Å². The van der Waals surface area contributed by atoms with E-state index in [1.54, 1.807) is 23.5 Å². The van der Waals surface area contributed by atoms with Crippen LogP contribution in [0.2, 0.25) is 0 Å². The number of nitrogens with zero attached hydrogens (tertiary/aromatic N) is 4. The molecule has 0 spiro atoms. The largest absolute Gasteiger partial charge is 0.456 e. The van der Waals surface area contributed by atoms with Crippen LogP contribution in [-0.2, 0) is 19.4 Å². The van der Waals surface area contributed by atoms with E-state index in [-0.39, 0.29) is 17.8 Å². The van der Waals surface area contributed by atoms with Crippen molar-refractivity contribution >= 4 is 27.2 Å². The summed E-state index contributed by atoms with van der Waals surface area (Å²) in [6.45, 7) is 0.244. The number of nitro groups is 1. The molecule has 5 rings (SSSR count). The molecule has 0 saturated heterocycles. The first-order valence-electron chi connectivity index (χ1n) is 8.89. The van der Waals surface area contributed by atoms with E-state index in [2.05, 4.69) is 15.1 Å². The molecule has 4 heterocycles. The Morgan fingerprint density at radius 2 is 2.18 bits per heavy atom. The Morgan fingerprint density at radius 3 is 3.00 bits per heavy atom. The van der Waals surface area contributed by atoms with Crippen molar-refractivity contribution in [1.29, 1.82) is 0 Å². The van der Waals surface area contributed by atoms with Crippen LogP contribution in [0.15, 0.2) is 33.7 Å². The van der Waals surface area contributed by atoms with Crippen molar-refractivity contribution < 1.29 is 9.34 Å². The van der Waals surface area contributed by atoms with E-state index in [1.807, 2.05) is 0 Å². The molecule has 0 unspecified atom stereocenters. The van der Waals surface area contributed by atoms with Gasteiger partial charge in [0, 0.05) is 4.88 Å². The maximum atomic E-state index is 12.7. The number of fused-ring (bicyclic) bond motifs is 3. The van der Waals surface area contributed by atoms with Gasteiger partial charge in [0.05, 0.1) is 16.9 Å². The van der Waals surface area contributed by atoms with Crippen molar-refractivity contribution in [2.75, 3.05) is 0 Å². The molecular weight excluding hydrogens is 382 g/mol. The normalized spacial score (nSPS) is 13.7. The predicted octanol–water partition coefficient (Wildman–Crippen LogP) is 3.28. The van der Waals surface area contributed by atoms with Crippen molar-refractivity contribution in [2.24, 2.45) is 0 Å². The van der Waals surface area contributed by atoms with Crippen molar-refractivity contribution in [1.82, 2.24) is 19.7 Å². The smallest absolute Gasteiger partial charge is 0.307 e. The monoisotopic (exact) mass is 397 g/mol. The lowest BCUT2D eigenvalue weighted by atomic mass is 9.97. The fourth-order valence-corrected chi connectivity index (χ4v) is 4.83. The highest BCUT2D eigenvalue weighted by Gasteiger charge is 2.21. The van der Waals surface area contributed by atoms with Gasteiger partial charge in [0.2, 0.25) is 0 Å². The molecule has 142 valence electrons. The highest BCUT2D eigenvalue weighted by atomic mass is 32.1. The number of nitrogens with one attached hydrogen (secondary N) is 1. The number of furan rings is 1. The summed E-state index contributed by atoms with van der Waals surface area (Å²) in [4.78, 5) is 32.4. The van der Waals surface area contributed by atoms with Gasteiger partial charge in [-0.2, -0.15) is 5.10 Å². The van der Waals surface area contributed by atoms with Gasteiger partial charge in [-0.3, -0.25) is 19.6 Å². The number of aromatic amines is 1. The summed E-state index contributed by atoms with van der Waals surface area (Å²) in [5, 5.41) is 15.4. The first kappa shape index (κ1) is 16.9.